The minimum Gasteiger partial charge on any atom is -0.303 e. The Bertz CT molecular complexity index is 368. The summed E-state index contributed by atoms with van der Waals surface area (Å²) in [6, 6.07) is 0. The SMILES string of the molecule is Cc1nn(C)c(C(C=O)C2CC2)c1Br. The molecule has 3 nitrogen and oxygen atoms in total. The Labute approximate surface area is 91.6 Å². The van der Waals surface area contributed by atoms with Crippen LogP contribution in [-0.4, -0.2) is 16.1 Å². The maximum atomic E-state index is 11.0. The van der Waals surface area contributed by atoms with E-state index in [1.54, 1.807) is 0 Å². The molecule has 0 radical (unpaired) electrons. The van der Waals surface area contributed by atoms with Crippen LogP contribution in [0.5, 0.6) is 0 Å². The van der Waals surface area contributed by atoms with Gasteiger partial charge < -0.3 is 4.79 Å². The van der Waals surface area contributed by atoms with Crippen LogP contribution in [0.25, 0.3) is 0 Å². The van der Waals surface area contributed by atoms with Gasteiger partial charge in [-0.3, -0.25) is 4.68 Å². The van der Waals surface area contributed by atoms with Crippen molar-refractivity contribution < 1.29 is 4.79 Å². The molecule has 14 heavy (non-hydrogen) atoms. The highest BCUT2D eigenvalue weighted by Gasteiger charge is 2.35. The second-order valence-corrected chi connectivity index (χ2v) is 4.70. The summed E-state index contributed by atoms with van der Waals surface area (Å²) in [4.78, 5) is 11.0. The molecule has 0 saturated heterocycles. The van der Waals surface area contributed by atoms with Crippen molar-refractivity contribution in [1.82, 2.24) is 9.78 Å². The van der Waals surface area contributed by atoms with Crippen LogP contribution in [0.3, 0.4) is 0 Å². The van der Waals surface area contributed by atoms with Crippen LogP contribution >= 0.6 is 15.9 Å². The van der Waals surface area contributed by atoms with E-state index in [1.165, 1.54) is 12.8 Å². The van der Waals surface area contributed by atoms with Crippen LogP contribution in [0.2, 0.25) is 0 Å². The quantitative estimate of drug-likeness (QED) is 0.778. The predicted octanol–water partition coefficient (Wildman–Crippen LogP) is 2.18. The van der Waals surface area contributed by atoms with Crippen molar-refractivity contribution >= 4 is 22.2 Å². The summed E-state index contributed by atoms with van der Waals surface area (Å²) in [5, 5.41) is 4.30. The van der Waals surface area contributed by atoms with Gasteiger partial charge in [0.15, 0.2) is 0 Å². The van der Waals surface area contributed by atoms with Gasteiger partial charge in [0.25, 0.3) is 0 Å². The third-order valence-corrected chi connectivity index (χ3v) is 3.76. The van der Waals surface area contributed by atoms with Crippen molar-refractivity contribution in [3.05, 3.63) is 15.9 Å². The number of halogens is 1. The molecule has 1 saturated carbocycles. The van der Waals surface area contributed by atoms with Crippen LogP contribution < -0.4 is 0 Å². The van der Waals surface area contributed by atoms with Crippen molar-refractivity contribution in [1.29, 1.82) is 0 Å². The van der Waals surface area contributed by atoms with Crippen LogP contribution in [-0.2, 0) is 11.8 Å². The zero-order valence-electron chi connectivity index (χ0n) is 8.33. The van der Waals surface area contributed by atoms with Gasteiger partial charge >= 0.3 is 0 Å². The minimum absolute atomic E-state index is 0.0237. The summed E-state index contributed by atoms with van der Waals surface area (Å²) in [5.74, 6) is 0.564. The minimum atomic E-state index is 0.0237. The first kappa shape index (κ1) is 9.90. The van der Waals surface area contributed by atoms with E-state index in [-0.39, 0.29) is 5.92 Å². The Morgan fingerprint density at radius 1 is 1.64 bits per heavy atom. The van der Waals surface area contributed by atoms with E-state index in [0.717, 1.165) is 22.1 Å². The highest BCUT2D eigenvalue weighted by Crippen LogP contribution is 2.43. The smallest absolute Gasteiger partial charge is 0.129 e. The van der Waals surface area contributed by atoms with E-state index in [2.05, 4.69) is 21.0 Å². The van der Waals surface area contributed by atoms with Crippen molar-refractivity contribution in [3.63, 3.8) is 0 Å². The fourth-order valence-electron chi connectivity index (χ4n) is 1.87. The number of hydrogen-bond acceptors (Lipinski definition) is 2. The zero-order chi connectivity index (χ0) is 10.3. The fraction of sp³-hybridized carbons (Fsp3) is 0.600. The van der Waals surface area contributed by atoms with E-state index in [1.807, 2.05) is 18.7 Å². The monoisotopic (exact) mass is 256 g/mol. The number of hydrogen-bond donors (Lipinski definition) is 0. The van der Waals surface area contributed by atoms with Gasteiger partial charge in [-0.25, -0.2) is 0 Å². The van der Waals surface area contributed by atoms with Gasteiger partial charge in [0.1, 0.15) is 6.29 Å². The number of aromatic nitrogens is 2. The van der Waals surface area contributed by atoms with Gasteiger partial charge in [-0.15, -0.1) is 0 Å². The Morgan fingerprint density at radius 2 is 2.29 bits per heavy atom. The third-order valence-electron chi connectivity index (χ3n) is 2.78. The zero-order valence-corrected chi connectivity index (χ0v) is 9.91. The molecule has 1 aliphatic rings. The average Bonchev–Trinajstić information content (AvgIpc) is 2.91. The number of aldehydes is 1. The van der Waals surface area contributed by atoms with Crippen LogP contribution in [0.15, 0.2) is 4.47 Å². The molecule has 1 aromatic rings. The number of carbonyl (C=O) groups is 1. The first-order valence-corrected chi connectivity index (χ1v) is 5.58. The Morgan fingerprint density at radius 3 is 2.64 bits per heavy atom. The lowest BCUT2D eigenvalue weighted by Crippen LogP contribution is -2.09. The lowest BCUT2D eigenvalue weighted by molar-refractivity contribution is -0.109. The summed E-state index contributed by atoms with van der Waals surface area (Å²) >= 11 is 3.50. The molecular formula is C10H13BrN2O. The van der Waals surface area contributed by atoms with Crippen LogP contribution in [0.1, 0.15) is 30.1 Å². The molecule has 0 spiro atoms. The van der Waals surface area contributed by atoms with E-state index in [0.29, 0.717) is 5.92 Å². The largest absolute Gasteiger partial charge is 0.303 e. The molecule has 0 aromatic carbocycles. The predicted molar refractivity (Wildman–Crippen MR) is 57.2 cm³/mol. The van der Waals surface area contributed by atoms with Crippen molar-refractivity contribution in [3.8, 4) is 0 Å². The maximum Gasteiger partial charge on any atom is 0.129 e. The van der Waals surface area contributed by atoms with Gasteiger partial charge in [0, 0.05) is 7.05 Å². The Balaban J connectivity index is 2.41. The molecule has 0 aliphatic heterocycles. The molecule has 0 N–H and O–H groups in total. The topological polar surface area (TPSA) is 34.9 Å². The number of carbonyl (C=O) groups excluding carboxylic acids is 1. The lowest BCUT2D eigenvalue weighted by atomic mass is 10.0. The highest BCUT2D eigenvalue weighted by molar-refractivity contribution is 9.10. The maximum absolute atomic E-state index is 11.0. The van der Waals surface area contributed by atoms with Gasteiger partial charge in [-0.2, -0.15) is 5.10 Å². The Hall–Kier alpha value is -0.640. The second-order valence-electron chi connectivity index (χ2n) is 3.91. The molecule has 1 atom stereocenters. The number of rotatable bonds is 3. The molecule has 0 amide bonds. The summed E-state index contributed by atoms with van der Waals surface area (Å²) in [6.07, 6.45) is 3.39. The molecule has 1 unspecified atom stereocenters. The van der Waals surface area contributed by atoms with E-state index in [9.17, 15) is 4.79 Å². The molecule has 2 rings (SSSR count). The summed E-state index contributed by atoms with van der Waals surface area (Å²) < 4.78 is 2.81. The van der Waals surface area contributed by atoms with Gasteiger partial charge in [-0.1, -0.05) is 0 Å². The molecular weight excluding hydrogens is 244 g/mol. The summed E-state index contributed by atoms with van der Waals surface area (Å²) in [6.45, 7) is 1.95. The average molecular weight is 257 g/mol. The number of nitrogens with zero attached hydrogens (tertiary/aromatic N) is 2. The molecule has 1 fully saturated rings. The first-order valence-electron chi connectivity index (χ1n) is 4.79. The third kappa shape index (κ3) is 1.52. The van der Waals surface area contributed by atoms with Gasteiger partial charge in [0.2, 0.25) is 0 Å². The van der Waals surface area contributed by atoms with Gasteiger partial charge in [-0.05, 0) is 41.6 Å². The lowest BCUT2D eigenvalue weighted by Gasteiger charge is -2.09. The number of aryl methyl sites for hydroxylation is 2. The molecule has 1 aromatic heterocycles. The molecule has 4 heteroatoms. The van der Waals surface area contributed by atoms with E-state index < -0.39 is 0 Å². The summed E-state index contributed by atoms with van der Waals surface area (Å²) in [7, 11) is 1.89. The first-order chi connectivity index (χ1) is 6.65. The standard InChI is InChI=1S/C10H13BrN2O/c1-6-9(11)10(13(2)12-6)8(5-14)7-3-4-7/h5,7-8H,3-4H2,1-2H3. The molecule has 1 aliphatic carbocycles. The van der Waals surface area contributed by atoms with E-state index >= 15 is 0 Å². The molecule has 1 heterocycles. The highest BCUT2D eigenvalue weighted by atomic mass is 79.9. The van der Waals surface area contributed by atoms with Crippen molar-refractivity contribution in [2.24, 2.45) is 13.0 Å². The van der Waals surface area contributed by atoms with Crippen molar-refractivity contribution in [2.45, 2.75) is 25.7 Å². The Kier molecular flexibility index (Phi) is 2.47. The summed E-state index contributed by atoms with van der Waals surface area (Å²) in [5.41, 5.74) is 1.98. The van der Waals surface area contributed by atoms with Crippen molar-refractivity contribution in [2.75, 3.05) is 0 Å². The second kappa shape index (κ2) is 3.50. The van der Waals surface area contributed by atoms with Crippen LogP contribution in [0.4, 0.5) is 0 Å². The van der Waals surface area contributed by atoms with E-state index in [4.69, 9.17) is 0 Å². The fourth-order valence-corrected chi connectivity index (χ4v) is 2.47. The normalized spacial score (nSPS) is 18.2. The molecule has 76 valence electrons. The van der Waals surface area contributed by atoms with Gasteiger partial charge in [0.05, 0.1) is 21.8 Å². The molecule has 0 bridgehead atoms. The van der Waals surface area contributed by atoms with Crippen LogP contribution in [0, 0.1) is 12.8 Å².